The number of pyridine rings is 1. The van der Waals surface area contributed by atoms with E-state index in [9.17, 15) is 4.79 Å². The summed E-state index contributed by atoms with van der Waals surface area (Å²) in [5.41, 5.74) is 0.795. The summed E-state index contributed by atoms with van der Waals surface area (Å²) in [5, 5.41) is 0. The first-order chi connectivity index (χ1) is 8.22. The summed E-state index contributed by atoms with van der Waals surface area (Å²) in [4.78, 5) is 19.7. The van der Waals surface area contributed by atoms with Gasteiger partial charge in [0.25, 0.3) is 0 Å². The monoisotopic (exact) mass is 298 g/mol. The number of carbonyl (C=O) groups is 1. The molecule has 1 aromatic rings. The molecule has 0 fully saturated rings. The van der Waals surface area contributed by atoms with Gasteiger partial charge < -0.3 is 9.47 Å². The molecule has 90 valence electrons. The van der Waals surface area contributed by atoms with E-state index in [2.05, 4.69) is 25.9 Å². The molecule has 2 atom stereocenters. The van der Waals surface area contributed by atoms with Crippen molar-refractivity contribution in [2.75, 3.05) is 6.61 Å². The zero-order chi connectivity index (χ0) is 12.3. The van der Waals surface area contributed by atoms with Crippen LogP contribution in [0.5, 0.6) is 0 Å². The largest absolute Gasteiger partial charge is 0.473 e. The molecule has 1 aliphatic rings. The third kappa shape index (κ3) is 2.63. The van der Waals surface area contributed by atoms with Crippen LogP contribution in [-0.4, -0.2) is 30.0 Å². The van der Waals surface area contributed by atoms with Crippen molar-refractivity contribution in [2.24, 2.45) is 4.99 Å². The van der Waals surface area contributed by atoms with E-state index in [0.29, 0.717) is 6.61 Å². The zero-order valence-electron chi connectivity index (χ0n) is 9.17. The van der Waals surface area contributed by atoms with Gasteiger partial charge in [0.2, 0.25) is 0 Å². The van der Waals surface area contributed by atoms with Crippen molar-refractivity contribution in [1.82, 2.24) is 4.98 Å². The van der Waals surface area contributed by atoms with Gasteiger partial charge in [-0.05, 0) is 28.9 Å². The van der Waals surface area contributed by atoms with Gasteiger partial charge >= 0.3 is 5.97 Å². The Morgan fingerprint density at radius 1 is 1.59 bits per heavy atom. The Morgan fingerprint density at radius 2 is 2.41 bits per heavy atom. The molecule has 0 aromatic carbocycles. The molecule has 2 heterocycles. The minimum absolute atomic E-state index is 0.330. The van der Waals surface area contributed by atoms with Gasteiger partial charge in [0.15, 0.2) is 18.5 Å². The van der Waals surface area contributed by atoms with Gasteiger partial charge in [0.05, 0.1) is 6.61 Å². The van der Waals surface area contributed by atoms with Crippen LogP contribution in [0.1, 0.15) is 18.6 Å². The van der Waals surface area contributed by atoms with Gasteiger partial charge in [0, 0.05) is 11.8 Å². The van der Waals surface area contributed by atoms with Crippen LogP contribution in [0.4, 0.5) is 0 Å². The second kappa shape index (κ2) is 5.27. The summed E-state index contributed by atoms with van der Waals surface area (Å²) in [6.45, 7) is 2.09. The number of aromatic nitrogens is 1. The van der Waals surface area contributed by atoms with E-state index in [0.717, 1.165) is 10.2 Å². The van der Waals surface area contributed by atoms with Crippen LogP contribution < -0.4 is 0 Å². The number of rotatable bonds is 3. The Hall–Kier alpha value is -1.43. The second-order valence-electron chi connectivity index (χ2n) is 3.42. The predicted molar refractivity (Wildman–Crippen MR) is 64.7 cm³/mol. The average molecular weight is 299 g/mol. The standard InChI is InChI=1S/C11H11BrN2O3/c1-2-16-11(15)9-10(17-6-14-9)7-3-4-8(12)13-5-7/h3-6,9-10H,2H2,1H3. The molecule has 2 unspecified atom stereocenters. The topological polar surface area (TPSA) is 60.8 Å². The lowest BCUT2D eigenvalue weighted by Gasteiger charge is -2.15. The van der Waals surface area contributed by atoms with E-state index < -0.39 is 12.1 Å². The van der Waals surface area contributed by atoms with Crippen LogP contribution in [0.15, 0.2) is 27.9 Å². The molecule has 1 aromatic heterocycles. The summed E-state index contributed by atoms with van der Waals surface area (Å²) in [5.74, 6) is -0.380. The van der Waals surface area contributed by atoms with Crippen molar-refractivity contribution >= 4 is 28.3 Å². The quantitative estimate of drug-likeness (QED) is 0.631. The SMILES string of the molecule is CCOC(=O)C1N=COC1c1ccc(Br)nc1. The Labute approximate surface area is 107 Å². The van der Waals surface area contributed by atoms with Crippen molar-refractivity contribution in [3.05, 3.63) is 28.5 Å². The molecule has 5 nitrogen and oxygen atoms in total. The fraction of sp³-hybridized carbons (Fsp3) is 0.364. The normalized spacial score (nSPS) is 22.2. The van der Waals surface area contributed by atoms with Crippen LogP contribution >= 0.6 is 15.9 Å². The van der Waals surface area contributed by atoms with Crippen molar-refractivity contribution in [2.45, 2.75) is 19.1 Å². The lowest BCUT2D eigenvalue weighted by molar-refractivity contribution is -0.146. The molecule has 0 aliphatic carbocycles. The van der Waals surface area contributed by atoms with Crippen molar-refractivity contribution < 1.29 is 14.3 Å². The lowest BCUT2D eigenvalue weighted by Crippen LogP contribution is -2.26. The maximum absolute atomic E-state index is 11.7. The highest BCUT2D eigenvalue weighted by molar-refractivity contribution is 9.10. The summed E-state index contributed by atoms with van der Waals surface area (Å²) in [6.07, 6.45) is 2.49. The highest BCUT2D eigenvalue weighted by atomic mass is 79.9. The van der Waals surface area contributed by atoms with Crippen molar-refractivity contribution in [3.8, 4) is 0 Å². The van der Waals surface area contributed by atoms with Crippen LogP contribution in [0.25, 0.3) is 0 Å². The van der Waals surface area contributed by atoms with Crippen LogP contribution in [0, 0.1) is 0 Å². The van der Waals surface area contributed by atoms with E-state index in [4.69, 9.17) is 9.47 Å². The van der Waals surface area contributed by atoms with Gasteiger partial charge in [-0.25, -0.2) is 14.8 Å². The van der Waals surface area contributed by atoms with Gasteiger partial charge in [-0.2, -0.15) is 0 Å². The fourth-order valence-corrected chi connectivity index (χ4v) is 1.78. The van der Waals surface area contributed by atoms with E-state index in [1.807, 2.05) is 6.07 Å². The molecule has 6 heteroatoms. The van der Waals surface area contributed by atoms with E-state index in [1.165, 1.54) is 6.40 Å². The Kier molecular flexibility index (Phi) is 3.73. The molecule has 0 saturated heterocycles. The third-order valence-electron chi connectivity index (χ3n) is 2.32. The Balaban J connectivity index is 2.15. The molecule has 1 aliphatic heterocycles. The van der Waals surface area contributed by atoms with E-state index in [-0.39, 0.29) is 5.97 Å². The minimum atomic E-state index is -0.641. The lowest BCUT2D eigenvalue weighted by atomic mass is 10.1. The molecule has 2 rings (SSSR count). The number of esters is 1. The number of ether oxygens (including phenoxy) is 2. The van der Waals surface area contributed by atoms with E-state index in [1.54, 1.807) is 19.2 Å². The van der Waals surface area contributed by atoms with Gasteiger partial charge in [-0.1, -0.05) is 6.07 Å². The number of carbonyl (C=O) groups excluding carboxylic acids is 1. The molecular weight excluding hydrogens is 288 g/mol. The number of nitrogens with zero attached hydrogens (tertiary/aromatic N) is 2. The zero-order valence-corrected chi connectivity index (χ0v) is 10.8. The molecule has 0 spiro atoms. The Bertz CT molecular complexity index is 433. The molecule has 0 radical (unpaired) electrons. The number of halogens is 1. The number of aliphatic imine (C=N–C) groups is 1. The van der Waals surface area contributed by atoms with Crippen molar-refractivity contribution in [1.29, 1.82) is 0 Å². The number of hydrogen-bond donors (Lipinski definition) is 0. The third-order valence-corrected chi connectivity index (χ3v) is 2.79. The molecular formula is C11H11BrN2O3. The summed E-state index contributed by atoms with van der Waals surface area (Å²) in [6, 6.07) is 2.99. The van der Waals surface area contributed by atoms with Gasteiger partial charge in [0.1, 0.15) is 4.60 Å². The van der Waals surface area contributed by atoms with Crippen LogP contribution in [0.3, 0.4) is 0 Å². The maximum atomic E-state index is 11.7. The first-order valence-corrected chi connectivity index (χ1v) is 5.97. The first-order valence-electron chi connectivity index (χ1n) is 5.17. The first kappa shape index (κ1) is 12.0. The molecule has 0 N–H and O–H groups in total. The molecule has 0 bridgehead atoms. The van der Waals surface area contributed by atoms with Gasteiger partial charge in [-0.15, -0.1) is 0 Å². The van der Waals surface area contributed by atoms with E-state index >= 15 is 0 Å². The highest BCUT2D eigenvalue weighted by Gasteiger charge is 2.35. The molecule has 0 amide bonds. The van der Waals surface area contributed by atoms with Crippen LogP contribution in [0.2, 0.25) is 0 Å². The smallest absolute Gasteiger partial charge is 0.335 e. The maximum Gasteiger partial charge on any atom is 0.335 e. The molecule has 17 heavy (non-hydrogen) atoms. The summed E-state index contributed by atoms with van der Waals surface area (Å²) >= 11 is 3.25. The summed E-state index contributed by atoms with van der Waals surface area (Å²) < 4.78 is 11.0. The van der Waals surface area contributed by atoms with Crippen molar-refractivity contribution in [3.63, 3.8) is 0 Å². The predicted octanol–water partition coefficient (Wildman–Crippen LogP) is 1.88. The minimum Gasteiger partial charge on any atom is -0.473 e. The Morgan fingerprint density at radius 3 is 3.06 bits per heavy atom. The molecule has 0 saturated carbocycles. The number of hydrogen-bond acceptors (Lipinski definition) is 5. The van der Waals surface area contributed by atoms with Gasteiger partial charge in [-0.3, -0.25) is 0 Å². The van der Waals surface area contributed by atoms with Crippen LogP contribution in [-0.2, 0) is 14.3 Å². The average Bonchev–Trinajstić information content (AvgIpc) is 2.79. The second-order valence-corrected chi connectivity index (χ2v) is 4.23. The highest BCUT2D eigenvalue weighted by Crippen LogP contribution is 2.27. The fourth-order valence-electron chi connectivity index (χ4n) is 1.55. The summed E-state index contributed by atoms with van der Waals surface area (Å²) in [7, 11) is 0.